The summed E-state index contributed by atoms with van der Waals surface area (Å²) in [5.41, 5.74) is 2.42. The number of amides is 2. The molecule has 2 aliphatic heterocycles. The quantitative estimate of drug-likeness (QED) is 0.517. The van der Waals surface area contributed by atoms with Crippen molar-refractivity contribution < 1.29 is 14.0 Å². The fourth-order valence-corrected chi connectivity index (χ4v) is 4.93. The van der Waals surface area contributed by atoms with Gasteiger partial charge in [-0.15, -0.1) is 0 Å². The normalized spacial score (nSPS) is 18.1. The summed E-state index contributed by atoms with van der Waals surface area (Å²) in [4.78, 5) is 35.0. The van der Waals surface area contributed by atoms with Crippen molar-refractivity contribution in [1.82, 2.24) is 20.6 Å². The van der Waals surface area contributed by atoms with Gasteiger partial charge in [0, 0.05) is 25.0 Å². The third-order valence-electron chi connectivity index (χ3n) is 6.06. The Morgan fingerprint density at radius 3 is 2.76 bits per heavy atom. The third kappa shape index (κ3) is 5.26. The van der Waals surface area contributed by atoms with Crippen molar-refractivity contribution in [3.63, 3.8) is 0 Å². The van der Waals surface area contributed by atoms with Crippen LogP contribution in [0.1, 0.15) is 24.2 Å². The van der Waals surface area contributed by atoms with Gasteiger partial charge in [0.25, 0.3) is 11.1 Å². The minimum atomic E-state index is -0.372. The Balaban J connectivity index is 1.12. The highest BCUT2D eigenvalue weighted by molar-refractivity contribution is 8.18. The summed E-state index contributed by atoms with van der Waals surface area (Å²) in [5, 5.41) is 6.23. The van der Waals surface area contributed by atoms with Crippen LogP contribution in [0.2, 0.25) is 0 Å². The van der Waals surface area contributed by atoms with Gasteiger partial charge in [-0.3, -0.25) is 19.9 Å². The second-order valence-electron chi connectivity index (χ2n) is 8.47. The summed E-state index contributed by atoms with van der Waals surface area (Å²) < 4.78 is 13.3. The first-order valence-corrected chi connectivity index (χ1v) is 12.1. The van der Waals surface area contributed by atoms with E-state index >= 15 is 0 Å². The zero-order chi connectivity index (χ0) is 23.5. The summed E-state index contributed by atoms with van der Waals surface area (Å²) in [5.74, 6) is 0.832. The SMILES string of the molecule is O=C1NC(=O)/C(=C/c2cccc(N3CCC(CNCc4ccc5cc(F)ccc5n4)CC3)n2)S1. The van der Waals surface area contributed by atoms with Crippen LogP contribution >= 0.6 is 11.8 Å². The molecule has 0 spiro atoms. The van der Waals surface area contributed by atoms with Gasteiger partial charge in [-0.2, -0.15) is 0 Å². The van der Waals surface area contributed by atoms with E-state index in [0.717, 1.165) is 66.7 Å². The number of fused-ring (bicyclic) bond motifs is 1. The number of nitrogens with zero attached hydrogens (tertiary/aromatic N) is 3. The standard InChI is InChI=1S/C25H24FN5O2S/c26-18-5-7-21-17(12-18)4-6-20(28-21)15-27-14-16-8-10-31(11-9-16)23-3-1-2-19(29-23)13-22-24(32)30-25(33)34-22/h1-7,12-13,16,27H,8-11,14-15H2,(H,30,32,33)/b22-13-. The summed E-state index contributed by atoms with van der Waals surface area (Å²) >= 11 is 0.899. The highest BCUT2D eigenvalue weighted by Crippen LogP contribution is 2.26. The van der Waals surface area contributed by atoms with Crippen LogP contribution in [0.5, 0.6) is 0 Å². The van der Waals surface area contributed by atoms with Crippen LogP contribution < -0.4 is 15.5 Å². The van der Waals surface area contributed by atoms with E-state index in [2.05, 4.69) is 25.5 Å². The molecule has 0 radical (unpaired) electrons. The smallest absolute Gasteiger partial charge is 0.290 e. The number of hydrogen-bond acceptors (Lipinski definition) is 7. The van der Waals surface area contributed by atoms with Crippen molar-refractivity contribution in [3.8, 4) is 0 Å². The Morgan fingerprint density at radius 1 is 1.12 bits per heavy atom. The summed E-state index contributed by atoms with van der Waals surface area (Å²) in [6.07, 6.45) is 3.76. The molecular formula is C25H24FN5O2S. The van der Waals surface area contributed by atoms with Gasteiger partial charge in [0.05, 0.1) is 21.8 Å². The van der Waals surface area contributed by atoms with E-state index in [1.54, 1.807) is 12.1 Å². The third-order valence-corrected chi connectivity index (χ3v) is 6.87. The van der Waals surface area contributed by atoms with E-state index < -0.39 is 0 Å². The first-order chi connectivity index (χ1) is 16.5. The molecule has 5 rings (SSSR count). The molecule has 2 aromatic heterocycles. The maximum atomic E-state index is 13.3. The lowest BCUT2D eigenvalue weighted by atomic mass is 9.96. The van der Waals surface area contributed by atoms with E-state index in [1.807, 2.05) is 30.3 Å². The maximum Gasteiger partial charge on any atom is 0.290 e. The Kier molecular flexibility index (Phi) is 6.55. The van der Waals surface area contributed by atoms with Crippen molar-refractivity contribution in [2.45, 2.75) is 19.4 Å². The van der Waals surface area contributed by atoms with Gasteiger partial charge in [-0.05, 0) is 79.5 Å². The fraction of sp³-hybridized carbons (Fsp3) is 0.280. The van der Waals surface area contributed by atoms with Gasteiger partial charge in [0.2, 0.25) is 0 Å². The van der Waals surface area contributed by atoms with Crippen molar-refractivity contribution in [2.24, 2.45) is 5.92 Å². The van der Waals surface area contributed by atoms with Crippen LogP contribution in [0.4, 0.5) is 15.0 Å². The predicted molar refractivity (Wildman–Crippen MR) is 132 cm³/mol. The largest absolute Gasteiger partial charge is 0.357 e. The number of hydrogen-bond donors (Lipinski definition) is 2. The van der Waals surface area contributed by atoms with Gasteiger partial charge < -0.3 is 10.2 Å². The molecule has 2 aliphatic rings. The molecule has 0 saturated carbocycles. The van der Waals surface area contributed by atoms with Crippen molar-refractivity contribution in [3.05, 3.63) is 70.6 Å². The minimum Gasteiger partial charge on any atom is -0.357 e. The number of rotatable bonds is 6. The molecule has 2 N–H and O–H groups in total. The molecule has 9 heteroatoms. The molecule has 2 fully saturated rings. The van der Waals surface area contributed by atoms with Crippen LogP contribution in [0.25, 0.3) is 17.0 Å². The molecule has 34 heavy (non-hydrogen) atoms. The van der Waals surface area contributed by atoms with E-state index in [9.17, 15) is 14.0 Å². The van der Waals surface area contributed by atoms with Crippen LogP contribution in [-0.4, -0.2) is 40.7 Å². The Morgan fingerprint density at radius 2 is 1.97 bits per heavy atom. The van der Waals surface area contributed by atoms with Crippen LogP contribution in [-0.2, 0) is 11.3 Å². The monoisotopic (exact) mass is 477 g/mol. The molecule has 7 nitrogen and oxygen atoms in total. The lowest BCUT2D eigenvalue weighted by molar-refractivity contribution is -0.115. The number of carbonyl (C=O) groups excluding carboxylic acids is 2. The number of halogens is 1. The van der Waals surface area contributed by atoms with E-state index in [0.29, 0.717) is 23.1 Å². The summed E-state index contributed by atoms with van der Waals surface area (Å²) in [6, 6.07) is 14.2. The van der Waals surface area contributed by atoms with Crippen molar-refractivity contribution in [1.29, 1.82) is 0 Å². The molecule has 2 saturated heterocycles. The van der Waals surface area contributed by atoms with Crippen molar-refractivity contribution in [2.75, 3.05) is 24.5 Å². The zero-order valence-electron chi connectivity index (χ0n) is 18.5. The van der Waals surface area contributed by atoms with E-state index in [-0.39, 0.29) is 17.0 Å². The molecule has 2 amide bonds. The second-order valence-corrected chi connectivity index (χ2v) is 9.49. The average Bonchev–Trinajstić information content (AvgIpc) is 3.16. The van der Waals surface area contributed by atoms with Crippen LogP contribution in [0, 0.1) is 11.7 Å². The Hall–Kier alpha value is -3.30. The first kappa shape index (κ1) is 22.5. The molecule has 0 bridgehead atoms. The number of piperidine rings is 1. The number of pyridine rings is 2. The Bertz CT molecular complexity index is 1270. The molecule has 0 unspecified atom stereocenters. The molecular weight excluding hydrogens is 453 g/mol. The molecule has 1 aromatic carbocycles. The summed E-state index contributed by atoms with van der Waals surface area (Å²) in [6.45, 7) is 3.41. The van der Waals surface area contributed by atoms with Gasteiger partial charge in [0.15, 0.2) is 0 Å². The van der Waals surface area contributed by atoms with E-state index in [1.165, 1.54) is 12.1 Å². The number of anilines is 1. The van der Waals surface area contributed by atoms with Gasteiger partial charge in [0.1, 0.15) is 11.6 Å². The molecule has 3 aromatic rings. The second kappa shape index (κ2) is 9.90. The molecule has 174 valence electrons. The predicted octanol–water partition coefficient (Wildman–Crippen LogP) is 4.10. The maximum absolute atomic E-state index is 13.3. The molecule has 4 heterocycles. The lowest BCUT2D eigenvalue weighted by Gasteiger charge is -2.33. The topological polar surface area (TPSA) is 87.2 Å². The van der Waals surface area contributed by atoms with Gasteiger partial charge in [-0.25, -0.2) is 9.37 Å². The number of aromatic nitrogens is 2. The minimum absolute atomic E-state index is 0.248. The van der Waals surface area contributed by atoms with Gasteiger partial charge >= 0.3 is 0 Å². The average molecular weight is 478 g/mol. The zero-order valence-corrected chi connectivity index (χ0v) is 19.3. The number of thioether (sulfide) groups is 1. The summed E-state index contributed by atoms with van der Waals surface area (Å²) in [7, 11) is 0. The number of benzene rings is 1. The lowest BCUT2D eigenvalue weighted by Crippen LogP contribution is -2.37. The first-order valence-electron chi connectivity index (χ1n) is 11.3. The number of imide groups is 1. The van der Waals surface area contributed by atoms with Gasteiger partial charge in [-0.1, -0.05) is 12.1 Å². The fourth-order valence-electron chi connectivity index (χ4n) is 4.26. The highest BCUT2D eigenvalue weighted by Gasteiger charge is 2.25. The Labute approximate surface area is 200 Å². The molecule has 0 atom stereocenters. The number of carbonyl (C=O) groups is 2. The van der Waals surface area contributed by atoms with E-state index in [4.69, 9.17) is 0 Å². The highest BCUT2D eigenvalue weighted by atomic mass is 32.2. The van der Waals surface area contributed by atoms with Crippen LogP contribution in [0.15, 0.2) is 53.4 Å². The molecule has 0 aliphatic carbocycles. The number of nitrogens with one attached hydrogen (secondary N) is 2. The van der Waals surface area contributed by atoms with Crippen LogP contribution in [0.3, 0.4) is 0 Å². The van der Waals surface area contributed by atoms with Crippen molar-refractivity contribution >= 4 is 45.7 Å².